The van der Waals surface area contributed by atoms with Gasteiger partial charge in [-0.3, -0.25) is 0 Å². The molecule has 6 heteroatoms. The van der Waals surface area contributed by atoms with Crippen molar-refractivity contribution in [1.29, 1.82) is 0 Å². The van der Waals surface area contributed by atoms with Crippen LogP contribution in [-0.4, -0.2) is 4.19 Å². The predicted octanol–water partition coefficient (Wildman–Crippen LogP) is -0.918. The Morgan fingerprint density at radius 3 is 1.17 bits per heavy atom. The average molecular weight is 183 g/mol. The third-order valence-electron chi connectivity index (χ3n) is 0. The molecule has 1 radical (unpaired) electrons. The molecule has 0 amide bonds. The van der Waals surface area contributed by atoms with Crippen molar-refractivity contribution in [1.82, 2.24) is 0 Å². The minimum absolute atomic E-state index is 0. The van der Waals surface area contributed by atoms with Gasteiger partial charge in [-0.15, -0.1) is 0 Å². The molecule has 0 fully saturated rings. The van der Waals surface area contributed by atoms with Gasteiger partial charge in [0.1, 0.15) is 0 Å². The Hall–Kier alpha value is 0.399. The standard InChI is InChI=1S/Cu.Mn.H2O.3O/h;;1H2;;;/q;+1;;;;/p-1. The zero-order valence-corrected chi connectivity index (χ0v) is 4.47. The molecule has 0 saturated heterocycles. The summed E-state index contributed by atoms with van der Waals surface area (Å²) in [6, 6.07) is 0. The van der Waals surface area contributed by atoms with Crippen molar-refractivity contribution < 1.29 is 45.7 Å². The van der Waals surface area contributed by atoms with Crippen LogP contribution in [0.5, 0.6) is 0 Å². The Labute approximate surface area is 46.2 Å². The van der Waals surface area contributed by atoms with Gasteiger partial charge in [0.15, 0.2) is 0 Å². The van der Waals surface area contributed by atoms with Gasteiger partial charge in [0.2, 0.25) is 0 Å². The summed E-state index contributed by atoms with van der Waals surface area (Å²) in [5, 5.41) is 0. The van der Waals surface area contributed by atoms with E-state index in [-0.39, 0.29) is 17.1 Å². The minimum atomic E-state index is -5.38. The Balaban J connectivity index is 0. The molecule has 0 aliphatic heterocycles. The molecule has 4 nitrogen and oxygen atoms in total. The SMILES string of the molecule is [Cu].[O]=[Mn](=[O])(=[O])[OH]. The van der Waals surface area contributed by atoms with E-state index in [9.17, 15) is 0 Å². The van der Waals surface area contributed by atoms with E-state index in [1.807, 2.05) is 0 Å². The Kier molecular flexibility index (Phi) is 4.10. The number of hydrogen-bond acceptors (Lipinski definition) is 3. The first-order valence-corrected chi connectivity index (χ1v) is 2.61. The van der Waals surface area contributed by atoms with Gasteiger partial charge in [-0.1, -0.05) is 0 Å². The second-order valence-corrected chi connectivity index (χ2v) is 1.63. The fraction of sp³-hybridized carbons (Fsp3) is 0. The summed E-state index contributed by atoms with van der Waals surface area (Å²) >= 11 is -5.38. The van der Waals surface area contributed by atoms with Crippen molar-refractivity contribution >= 4 is 0 Å². The monoisotopic (exact) mass is 183 g/mol. The number of rotatable bonds is 0. The van der Waals surface area contributed by atoms with Crippen molar-refractivity contribution in [2.45, 2.75) is 0 Å². The summed E-state index contributed by atoms with van der Waals surface area (Å²) < 4.78 is 33.1. The first kappa shape index (κ1) is 9.64. The van der Waals surface area contributed by atoms with Crippen LogP contribution in [0.15, 0.2) is 0 Å². The fourth-order valence-electron chi connectivity index (χ4n) is 0. The fourth-order valence-corrected chi connectivity index (χ4v) is 0. The van der Waals surface area contributed by atoms with Crippen molar-refractivity contribution in [3.05, 3.63) is 0 Å². The molecule has 0 bridgehead atoms. The normalized spacial score (nSPS) is 9.50. The van der Waals surface area contributed by atoms with Crippen LogP contribution in [0.25, 0.3) is 0 Å². The van der Waals surface area contributed by atoms with Crippen LogP contribution >= 0.6 is 0 Å². The van der Waals surface area contributed by atoms with Crippen LogP contribution in [0.4, 0.5) is 0 Å². The third-order valence-corrected chi connectivity index (χ3v) is 0. The third kappa shape index (κ3) is 319. The van der Waals surface area contributed by atoms with E-state index >= 15 is 0 Å². The van der Waals surface area contributed by atoms with Crippen molar-refractivity contribution in [3.63, 3.8) is 0 Å². The first-order valence-electron chi connectivity index (χ1n) is 0.632. The predicted molar refractivity (Wildman–Crippen MR) is 4.28 cm³/mol. The molecular weight excluding hydrogens is 182 g/mol. The van der Waals surface area contributed by atoms with Crippen LogP contribution in [0, 0.1) is 0 Å². The van der Waals surface area contributed by atoms with E-state index in [0.717, 1.165) is 0 Å². The Bertz CT molecular complexity index is 129. The topological polar surface area (TPSA) is 71.4 Å². The van der Waals surface area contributed by atoms with Gasteiger partial charge >= 0.3 is 28.7 Å². The molecule has 0 saturated carbocycles. The van der Waals surface area contributed by atoms with Crippen LogP contribution in [0.3, 0.4) is 0 Å². The number of hydrogen-bond donors (Lipinski definition) is 1. The second kappa shape index (κ2) is 2.55. The summed E-state index contributed by atoms with van der Waals surface area (Å²) in [4.78, 5) is 0. The van der Waals surface area contributed by atoms with E-state index in [1.165, 1.54) is 0 Å². The molecule has 0 aliphatic rings. The molecule has 0 atom stereocenters. The molecule has 0 unspecified atom stereocenters. The quantitative estimate of drug-likeness (QED) is 0.493. The summed E-state index contributed by atoms with van der Waals surface area (Å²) in [5.41, 5.74) is 0. The van der Waals surface area contributed by atoms with E-state index in [1.54, 1.807) is 0 Å². The molecule has 0 aliphatic carbocycles. The van der Waals surface area contributed by atoms with Gasteiger partial charge in [-0.2, -0.15) is 0 Å². The van der Waals surface area contributed by atoms with Crippen molar-refractivity contribution in [2.24, 2.45) is 0 Å². The molecule has 0 aromatic carbocycles. The summed E-state index contributed by atoms with van der Waals surface area (Å²) in [5.74, 6) is 0. The molecule has 43 valence electrons. The van der Waals surface area contributed by atoms with Crippen molar-refractivity contribution in [2.75, 3.05) is 0 Å². The van der Waals surface area contributed by atoms with Gasteiger partial charge in [0, 0.05) is 17.1 Å². The van der Waals surface area contributed by atoms with Gasteiger partial charge in [-0.25, -0.2) is 0 Å². The van der Waals surface area contributed by atoms with Gasteiger partial charge in [-0.05, 0) is 0 Å². The molecule has 0 rings (SSSR count). The van der Waals surface area contributed by atoms with E-state index in [2.05, 4.69) is 0 Å². The van der Waals surface area contributed by atoms with Crippen LogP contribution in [0.1, 0.15) is 0 Å². The van der Waals surface area contributed by atoms with Crippen LogP contribution in [0.2, 0.25) is 0 Å². The molecule has 0 aromatic heterocycles. The second-order valence-electron chi connectivity index (χ2n) is 0.396. The molecule has 0 aromatic rings. The van der Waals surface area contributed by atoms with Gasteiger partial charge in [0.05, 0.1) is 0 Å². The van der Waals surface area contributed by atoms with Crippen molar-refractivity contribution in [3.8, 4) is 0 Å². The molecule has 1 N–H and O–H groups in total. The molecule has 0 spiro atoms. The molecule has 6 heavy (non-hydrogen) atoms. The maximum atomic E-state index is 8.69. The summed E-state index contributed by atoms with van der Waals surface area (Å²) in [7, 11) is 0. The van der Waals surface area contributed by atoms with Gasteiger partial charge < -0.3 is 0 Å². The first-order chi connectivity index (χ1) is 2.00. The van der Waals surface area contributed by atoms with Gasteiger partial charge in [0.25, 0.3) is 0 Å². The molecular formula is HCuMnO4. The summed E-state index contributed by atoms with van der Waals surface area (Å²) in [6.45, 7) is 0. The van der Waals surface area contributed by atoms with Crippen LogP contribution in [-0.2, 0) is 41.5 Å². The van der Waals surface area contributed by atoms with Crippen LogP contribution < -0.4 is 0 Å². The Morgan fingerprint density at radius 1 is 1.17 bits per heavy atom. The summed E-state index contributed by atoms with van der Waals surface area (Å²) in [6.07, 6.45) is 0. The maximum absolute atomic E-state index is 8.69. The van der Waals surface area contributed by atoms with E-state index in [0.29, 0.717) is 0 Å². The zero-order chi connectivity index (χ0) is 4.50. The Morgan fingerprint density at radius 2 is 1.17 bits per heavy atom. The average Bonchev–Trinajstić information content (AvgIpc) is 0.722. The zero-order valence-electron chi connectivity index (χ0n) is 2.35. The van der Waals surface area contributed by atoms with E-state index in [4.69, 9.17) is 15.7 Å². The molecule has 0 heterocycles. The van der Waals surface area contributed by atoms with E-state index < -0.39 is 13.0 Å².